The molecule has 0 bridgehead atoms. The fourth-order valence-electron chi connectivity index (χ4n) is 5.82. The Morgan fingerprint density at radius 1 is 0.957 bits per heavy atom. The summed E-state index contributed by atoms with van der Waals surface area (Å²) in [4.78, 5) is 25.1. The van der Waals surface area contributed by atoms with E-state index in [-0.39, 0.29) is 34.6 Å². The zero-order chi connectivity index (χ0) is 32.3. The molecule has 2 aromatic heterocycles. The first-order valence-corrected chi connectivity index (χ1v) is 16.3. The number of aromatic nitrogens is 3. The van der Waals surface area contributed by atoms with Crippen LogP contribution in [-0.4, -0.2) is 48.7 Å². The lowest BCUT2D eigenvalue weighted by molar-refractivity contribution is 0.0696. The van der Waals surface area contributed by atoms with Crippen molar-refractivity contribution < 1.29 is 27.8 Å². The van der Waals surface area contributed by atoms with Crippen LogP contribution in [0.25, 0.3) is 22.0 Å². The van der Waals surface area contributed by atoms with Gasteiger partial charge >= 0.3 is 12.0 Å². The summed E-state index contributed by atoms with van der Waals surface area (Å²) in [7, 11) is -1.12. The number of sulfonamides is 1. The largest absolute Gasteiger partial charge is 0.480 e. The molecule has 1 saturated carbocycles. The van der Waals surface area contributed by atoms with E-state index in [1.165, 1.54) is 26.5 Å². The lowest BCUT2D eigenvalue weighted by atomic mass is 9.95. The van der Waals surface area contributed by atoms with E-state index >= 15 is 0 Å². The summed E-state index contributed by atoms with van der Waals surface area (Å²) in [5, 5.41) is 13.7. The number of benzene rings is 3. The van der Waals surface area contributed by atoms with Crippen LogP contribution in [0.5, 0.6) is 11.9 Å². The summed E-state index contributed by atoms with van der Waals surface area (Å²) < 4.78 is 40.9. The van der Waals surface area contributed by atoms with Crippen LogP contribution in [0.2, 0.25) is 0 Å². The summed E-state index contributed by atoms with van der Waals surface area (Å²) in [6, 6.07) is 19.9. The lowest BCUT2D eigenvalue weighted by Gasteiger charge is -2.18. The van der Waals surface area contributed by atoms with Gasteiger partial charge in [0.15, 0.2) is 0 Å². The number of hydrogen-bond acceptors (Lipinski definition) is 9. The van der Waals surface area contributed by atoms with Crippen molar-refractivity contribution in [1.29, 1.82) is 0 Å². The van der Waals surface area contributed by atoms with Crippen LogP contribution >= 0.6 is 0 Å². The van der Waals surface area contributed by atoms with Crippen LogP contribution in [0, 0.1) is 0 Å². The minimum atomic E-state index is -4.08. The number of hydrogen-bond donors (Lipinski definition) is 3. The number of carboxylic acids is 1. The molecule has 12 heteroatoms. The molecule has 0 radical (unpaired) electrons. The SMILES string of the molecule is COc1ncc(-c2ccc3c(Nc4cc(C(=O)O)cc(C5CCCC5)c4)c(S(=O)(=O)NCc4ccccc4)cnc3c2)c(OC)n1. The second-order valence-corrected chi connectivity index (χ2v) is 12.8. The second-order valence-electron chi connectivity index (χ2n) is 11.1. The van der Waals surface area contributed by atoms with Gasteiger partial charge in [0.05, 0.1) is 36.6 Å². The van der Waals surface area contributed by atoms with Crippen molar-refractivity contribution in [3.8, 4) is 23.0 Å². The molecule has 3 N–H and O–H groups in total. The van der Waals surface area contributed by atoms with Gasteiger partial charge in [-0.05, 0) is 59.7 Å². The Kier molecular flexibility index (Phi) is 8.82. The van der Waals surface area contributed by atoms with Gasteiger partial charge < -0.3 is 19.9 Å². The van der Waals surface area contributed by atoms with E-state index in [1.54, 1.807) is 30.5 Å². The number of methoxy groups -OCH3 is 2. The number of nitrogens with zero attached hydrogens (tertiary/aromatic N) is 3. The fraction of sp³-hybridized carbons (Fsp3) is 0.235. The zero-order valence-electron chi connectivity index (χ0n) is 25.4. The van der Waals surface area contributed by atoms with Gasteiger partial charge in [0.25, 0.3) is 0 Å². The Balaban J connectivity index is 1.47. The highest BCUT2D eigenvalue weighted by atomic mass is 32.2. The van der Waals surface area contributed by atoms with Crippen molar-refractivity contribution >= 4 is 38.3 Å². The molecule has 6 rings (SSSR count). The van der Waals surface area contributed by atoms with Crippen LogP contribution in [0.15, 0.2) is 84.0 Å². The minimum absolute atomic E-state index is 0.0720. The van der Waals surface area contributed by atoms with E-state index in [4.69, 9.17) is 9.47 Å². The molecule has 1 fully saturated rings. The Bertz CT molecular complexity index is 2010. The number of carbonyl (C=O) groups is 1. The molecule has 0 spiro atoms. The van der Waals surface area contributed by atoms with Crippen LogP contribution in [-0.2, 0) is 16.6 Å². The summed E-state index contributed by atoms with van der Waals surface area (Å²) >= 11 is 0. The van der Waals surface area contributed by atoms with Crippen molar-refractivity contribution in [3.05, 3.63) is 95.8 Å². The molecule has 0 aliphatic heterocycles. The van der Waals surface area contributed by atoms with Crippen LogP contribution in [0.4, 0.5) is 11.4 Å². The highest BCUT2D eigenvalue weighted by molar-refractivity contribution is 7.89. The van der Waals surface area contributed by atoms with Crippen LogP contribution < -0.4 is 19.5 Å². The molecular weight excluding hydrogens is 606 g/mol. The minimum Gasteiger partial charge on any atom is -0.480 e. The first-order valence-electron chi connectivity index (χ1n) is 14.8. The van der Waals surface area contributed by atoms with Gasteiger partial charge in [-0.2, -0.15) is 4.98 Å². The monoisotopic (exact) mass is 639 g/mol. The maximum Gasteiger partial charge on any atom is 0.335 e. The van der Waals surface area contributed by atoms with Crippen LogP contribution in [0.1, 0.15) is 53.1 Å². The highest BCUT2D eigenvalue weighted by Gasteiger charge is 2.24. The summed E-state index contributed by atoms with van der Waals surface area (Å²) in [5.41, 5.74) is 4.37. The van der Waals surface area contributed by atoms with Crippen molar-refractivity contribution in [2.45, 2.75) is 43.0 Å². The number of nitrogens with one attached hydrogen (secondary N) is 2. The number of anilines is 2. The molecule has 5 aromatic rings. The quantitative estimate of drug-likeness (QED) is 0.150. The van der Waals surface area contributed by atoms with E-state index < -0.39 is 16.0 Å². The average molecular weight is 640 g/mol. The van der Waals surface area contributed by atoms with E-state index in [2.05, 4.69) is 25.0 Å². The first kappa shape index (κ1) is 30.9. The zero-order valence-corrected chi connectivity index (χ0v) is 26.2. The number of rotatable bonds is 11. The van der Waals surface area contributed by atoms with Gasteiger partial charge in [0, 0.05) is 30.0 Å². The third-order valence-electron chi connectivity index (χ3n) is 8.15. The standard InChI is InChI=1S/C34H33N5O6S/c1-44-32-28(19-36-34(39-32)45-2)23-12-13-27-29(17-23)35-20-30(46(42,43)37-18-21-8-4-3-5-9-21)31(27)38-26-15-24(22-10-6-7-11-22)14-25(16-26)33(40)41/h3-5,8-9,12-17,19-20,22,37H,6-7,10-11,18H2,1-2H3,(H,35,38)(H,40,41). The molecule has 2 heterocycles. The van der Waals surface area contributed by atoms with Gasteiger partial charge in [-0.3, -0.25) is 4.98 Å². The molecule has 0 saturated heterocycles. The Morgan fingerprint density at radius 2 is 1.74 bits per heavy atom. The van der Waals surface area contributed by atoms with Crippen molar-refractivity contribution in [1.82, 2.24) is 19.7 Å². The first-order chi connectivity index (χ1) is 22.3. The third-order valence-corrected chi connectivity index (χ3v) is 9.56. The van der Waals surface area contributed by atoms with Gasteiger partial charge in [-0.1, -0.05) is 55.3 Å². The fourth-order valence-corrected chi connectivity index (χ4v) is 6.95. The Labute approximate surface area is 266 Å². The second kappa shape index (κ2) is 13.1. The number of carboxylic acid groups (broad SMARTS) is 1. The molecule has 0 atom stereocenters. The summed E-state index contributed by atoms with van der Waals surface area (Å²) in [5.74, 6) is -0.507. The number of aromatic carboxylic acids is 1. The molecule has 236 valence electrons. The predicted molar refractivity (Wildman–Crippen MR) is 174 cm³/mol. The van der Waals surface area contributed by atoms with Crippen molar-refractivity contribution in [2.75, 3.05) is 19.5 Å². The molecular formula is C34H33N5O6S. The maximum atomic E-state index is 13.8. The van der Waals surface area contributed by atoms with Gasteiger partial charge in [0.2, 0.25) is 15.9 Å². The average Bonchev–Trinajstić information content (AvgIpc) is 3.63. The highest BCUT2D eigenvalue weighted by Crippen LogP contribution is 2.39. The van der Waals surface area contributed by atoms with E-state index in [9.17, 15) is 18.3 Å². The maximum absolute atomic E-state index is 13.8. The molecule has 1 aliphatic rings. The Morgan fingerprint density at radius 3 is 2.46 bits per heavy atom. The van der Waals surface area contributed by atoms with Gasteiger partial charge in [0.1, 0.15) is 4.90 Å². The lowest BCUT2D eigenvalue weighted by Crippen LogP contribution is -2.24. The predicted octanol–water partition coefficient (Wildman–Crippen LogP) is 6.29. The normalized spacial score (nSPS) is 13.5. The summed E-state index contributed by atoms with van der Waals surface area (Å²) in [6.07, 6.45) is 7.01. The Hall–Kier alpha value is -5.07. The van der Waals surface area contributed by atoms with Crippen molar-refractivity contribution in [3.63, 3.8) is 0 Å². The molecule has 0 amide bonds. The van der Waals surface area contributed by atoms with E-state index in [1.807, 2.05) is 36.4 Å². The number of ether oxygens (including phenoxy) is 2. The molecule has 3 aromatic carbocycles. The smallest absolute Gasteiger partial charge is 0.335 e. The molecule has 46 heavy (non-hydrogen) atoms. The number of fused-ring (bicyclic) bond motifs is 1. The molecule has 0 unspecified atom stereocenters. The van der Waals surface area contributed by atoms with Crippen molar-refractivity contribution in [2.24, 2.45) is 0 Å². The topological polar surface area (TPSA) is 153 Å². The number of pyridine rings is 1. The molecule has 1 aliphatic carbocycles. The molecule has 11 nitrogen and oxygen atoms in total. The van der Waals surface area contributed by atoms with E-state index in [0.717, 1.165) is 36.8 Å². The van der Waals surface area contributed by atoms with E-state index in [0.29, 0.717) is 33.6 Å². The van der Waals surface area contributed by atoms with Gasteiger partial charge in [-0.25, -0.2) is 22.9 Å². The third kappa shape index (κ3) is 6.49. The van der Waals surface area contributed by atoms with Crippen LogP contribution in [0.3, 0.4) is 0 Å². The van der Waals surface area contributed by atoms with Gasteiger partial charge in [-0.15, -0.1) is 0 Å². The summed E-state index contributed by atoms with van der Waals surface area (Å²) in [6.45, 7) is 0.0805.